The summed E-state index contributed by atoms with van der Waals surface area (Å²) in [4.78, 5) is 0.944. The molecule has 0 fully saturated rings. The zero-order chi connectivity index (χ0) is 5.11. The van der Waals surface area contributed by atoms with Gasteiger partial charge in [-0.05, 0) is 0 Å². The van der Waals surface area contributed by atoms with E-state index in [1.54, 1.807) is 6.19 Å². The summed E-state index contributed by atoms with van der Waals surface area (Å²) >= 11 is 0. The molecule has 0 aliphatic carbocycles. The molecule has 0 bridgehead atoms. The lowest BCUT2D eigenvalue weighted by atomic mass is 11.4. The number of H-pyrrole nitrogens is 1. The summed E-state index contributed by atoms with van der Waals surface area (Å²) in [6.45, 7) is 0. The van der Waals surface area contributed by atoms with Gasteiger partial charge in [0.2, 0.25) is 6.33 Å². The van der Waals surface area contributed by atoms with E-state index in [0.29, 0.717) is 0 Å². The van der Waals surface area contributed by atoms with Gasteiger partial charge in [-0.25, -0.2) is 0 Å². The van der Waals surface area contributed by atoms with Crippen molar-refractivity contribution in [1.29, 1.82) is 5.26 Å². The van der Waals surface area contributed by atoms with Gasteiger partial charge < -0.3 is 12.4 Å². The Morgan fingerprint density at radius 2 is 2.50 bits per heavy atom. The van der Waals surface area contributed by atoms with E-state index < -0.39 is 0 Å². The number of tetrazole rings is 1. The normalized spacial score (nSPS) is 6.88. The monoisotopic (exact) mass is 131 g/mol. The first-order valence-electron chi connectivity index (χ1n) is 1.62. The van der Waals surface area contributed by atoms with E-state index in [9.17, 15) is 0 Å². The summed E-state index contributed by atoms with van der Waals surface area (Å²) in [5, 5.41) is 17.0. The molecule has 8 heavy (non-hydrogen) atoms. The minimum Gasteiger partial charge on any atom is -1.00 e. The topological polar surface area (TPSA) is 69.2 Å². The summed E-state index contributed by atoms with van der Waals surface area (Å²) in [7, 11) is 0. The second-order valence-corrected chi connectivity index (χ2v) is 0.875. The van der Waals surface area contributed by atoms with E-state index >= 15 is 0 Å². The average molecular weight is 132 g/mol. The van der Waals surface area contributed by atoms with Gasteiger partial charge in [0.25, 0.3) is 0 Å². The lowest BCUT2D eigenvalue weighted by Gasteiger charge is -1.58. The number of hydrogen-bond donors (Lipinski definition) is 1. The molecular weight excluding hydrogens is 130 g/mol. The molecule has 1 N–H and O–H groups in total. The molecule has 0 spiro atoms. The molecule has 6 heteroatoms. The third kappa shape index (κ3) is 1.17. The van der Waals surface area contributed by atoms with E-state index in [4.69, 9.17) is 5.26 Å². The predicted molar refractivity (Wildman–Crippen MR) is 17.6 cm³/mol. The second kappa shape index (κ2) is 2.93. The van der Waals surface area contributed by atoms with Crippen LogP contribution in [0.1, 0.15) is 0 Å². The number of hydrogen-bond acceptors (Lipinski definition) is 3. The van der Waals surface area contributed by atoms with Crippen LogP contribution in [0.15, 0.2) is 6.33 Å². The number of halogens is 1. The second-order valence-electron chi connectivity index (χ2n) is 0.875. The Hall–Kier alpha value is -1.15. The summed E-state index contributed by atoms with van der Waals surface area (Å²) in [6.07, 6.45) is 3.02. The van der Waals surface area contributed by atoms with Crippen LogP contribution in [0.25, 0.3) is 0 Å². The average Bonchev–Trinajstić information content (AvgIpc) is 2.14. The summed E-state index contributed by atoms with van der Waals surface area (Å²) in [6, 6.07) is 0. The molecule has 0 atom stereocenters. The Balaban J connectivity index is 0.000000490. The SMILES string of the molecule is N#C[n+]1nnc[nH]1.[Cl-]. The van der Waals surface area contributed by atoms with Gasteiger partial charge in [0, 0.05) is 15.2 Å². The summed E-state index contributed by atoms with van der Waals surface area (Å²) < 4.78 is 0. The smallest absolute Gasteiger partial charge is 0.416 e. The van der Waals surface area contributed by atoms with Crippen molar-refractivity contribution < 1.29 is 17.2 Å². The Bertz CT molecular complexity index is 173. The fourth-order valence-corrected chi connectivity index (χ4v) is 0.233. The maximum atomic E-state index is 8.01. The first-order valence-corrected chi connectivity index (χ1v) is 1.62. The van der Waals surface area contributed by atoms with Crippen molar-refractivity contribution in [1.82, 2.24) is 15.4 Å². The van der Waals surface area contributed by atoms with E-state index in [1.807, 2.05) is 0 Å². The molecule has 42 valence electrons. The zero-order valence-corrected chi connectivity index (χ0v) is 4.50. The van der Waals surface area contributed by atoms with Crippen LogP contribution in [0.3, 0.4) is 0 Å². The van der Waals surface area contributed by atoms with Crippen molar-refractivity contribution in [2.75, 3.05) is 0 Å². The molecule has 0 unspecified atom stereocenters. The zero-order valence-electron chi connectivity index (χ0n) is 3.74. The van der Waals surface area contributed by atoms with Gasteiger partial charge in [0.15, 0.2) is 0 Å². The number of rotatable bonds is 0. The maximum Gasteiger partial charge on any atom is 0.416 e. The molecular formula is C2H2ClN5. The van der Waals surface area contributed by atoms with Gasteiger partial charge in [-0.15, -0.1) is 0 Å². The molecule has 0 saturated heterocycles. The van der Waals surface area contributed by atoms with Gasteiger partial charge in [-0.3, -0.25) is 0 Å². The molecule has 1 rings (SSSR count). The fourth-order valence-electron chi connectivity index (χ4n) is 0.233. The first kappa shape index (κ1) is 6.85. The van der Waals surface area contributed by atoms with Crippen LogP contribution in [-0.2, 0) is 0 Å². The highest BCUT2D eigenvalue weighted by atomic mass is 35.5. The predicted octanol–water partition coefficient (Wildman–Crippen LogP) is -4.57. The lowest BCUT2D eigenvalue weighted by Crippen LogP contribution is -3.00. The fraction of sp³-hybridized carbons (Fsp3) is 0. The van der Waals surface area contributed by atoms with Crippen LogP contribution in [0.5, 0.6) is 0 Å². The van der Waals surface area contributed by atoms with Gasteiger partial charge >= 0.3 is 6.19 Å². The maximum absolute atomic E-state index is 8.01. The van der Waals surface area contributed by atoms with Crippen molar-refractivity contribution in [2.45, 2.75) is 0 Å². The van der Waals surface area contributed by atoms with Crippen LogP contribution in [-0.4, -0.2) is 15.4 Å². The van der Waals surface area contributed by atoms with Crippen molar-refractivity contribution in [2.24, 2.45) is 0 Å². The molecule has 1 heterocycles. The lowest BCUT2D eigenvalue weighted by molar-refractivity contribution is -0.708. The van der Waals surface area contributed by atoms with Crippen LogP contribution in [0.2, 0.25) is 0 Å². The molecule has 5 nitrogen and oxygen atoms in total. The highest BCUT2D eigenvalue weighted by Gasteiger charge is 1.90. The van der Waals surface area contributed by atoms with Crippen molar-refractivity contribution in [3.05, 3.63) is 6.33 Å². The number of nitrogens with zero attached hydrogens (tertiary/aromatic N) is 4. The van der Waals surface area contributed by atoms with Crippen LogP contribution in [0, 0.1) is 11.5 Å². The van der Waals surface area contributed by atoms with E-state index in [0.717, 1.165) is 4.80 Å². The van der Waals surface area contributed by atoms with E-state index in [2.05, 4.69) is 15.4 Å². The van der Waals surface area contributed by atoms with Gasteiger partial charge in [-0.2, -0.15) is 5.10 Å². The number of aromatic amines is 1. The minimum atomic E-state index is 0. The quantitative estimate of drug-likeness (QED) is 0.361. The number of aromatic nitrogens is 4. The Kier molecular flexibility index (Phi) is 2.51. The van der Waals surface area contributed by atoms with E-state index in [-0.39, 0.29) is 12.4 Å². The van der Waals surface area contributed by atoms with Gasteiger partial charge in [0.05, 0.1) is 0 Å². The first-order chi connectivity index (χ1) is 3.43. The molecule has 0 aromatic carbocycles. The minimum absolute atomic E-state index is 0. The molecule has 0 aliphatic heterocycles. The Morgan fingerprint density at radius 3 is 2.75 bits per heavy atom. The number of nitrogens with one attached hydrogen (secondary N) is 1. The van der Waals surface area contributed by atoms with Crippen LogP contribution < -0.4 is 17.2 Å². The molecule has 0 radical (unpaired) electrons. The molecule has 0 aliphatic rings. The van der Waals surface area contributed by atoms with E-state index in [1.165, 1.54) is 6.33 Å². The van der Waals surface area contributed by atoms with Crippen molar-refractivity contribution in [3.8, 4) is 6.19 Å². The van der Waals surface area contributed by atoms with Crippen molar-refractivity contribution >= 4 is 0 Å². The van der Waals surface area contributed by atoms with Crippen LogP contribution in [0.4, 0.5) is 0 Å². The Morgan fingerprint density at radius 1 is 1.75 bits per heavy atom. The molecule has 0 amide bonds. The molecule has 1 aromatic rings. The molecule has 0 saturated carbocycles. The molecule has 1 aromatic heterocycles. The summed E-state index contributed by atoms with van der Waals surface area (Å²) in [5.74, 6) is 0. The third-order valence-electron chi connectivity index (χ3n) is 0.474. The highest BCUT2D eigenvalue weighted by Crippen LogP contribution is 1.44. The summed E-state index contributed by atoms with van der Waals surface area (Å²) in [5.41, 5.74) is 0. The van der Waals surface area contributed by atoms with Crippen molar-refractivity contribution in [3.63, 3.8) is 0 Å². The van der Waals surface area contributed by atoms with Gasteiger partial charge in [-0.1, -0.05) is 0 Å². The standard InChI is InChI=1S/C2HN5.ClH/c3-1-7-5-2-4-6-7;/h2H;1H. The van der Waals surface area contributed by atoms with Gasteiger partial charge in [0.1, 0.15) is 5.21 Å². The Labute approximate surface area is 51.3 Å². The number of nitriles is 1. The third-order valence-corrected chi connectivity index (χ3v) is 0.474. The highest BCUT2D eigenvalue weighted by molar-refractivity contribution is 4.35. The van der Waals surface area contributed by atoms with Crippen LogP contribution >= 0.6 is 0 Å². The largest absolute Gasteiger partial charge is 1.00 e.